The Kier molecular flexibility index (Phi) is 34.8. The molecule has 10 heterocycles. The van der Waals surface area contributed by atoms with Gasteiger partial charge >= 0.3 is 7.82 Å². The van der Waals surface area contributed by atoms with Crippen molar-refractivity contribution in [1.29, 1.82) is 0 Å². The minimum absolute atomic E-state index is 0.907. The monoisotopic (exact) mass is 1760 g/mol. The molecule has 10 fully saturated rings. The molecule has 56 heteroatoms. The van der Waals surface area contributed by atoms with Crippen LogP contribution in [0.2, 0.25) is 0 Å². The van der Waals surface area contributed by atoms with Crippen LogP contribution in [0.4, 0.5) is 0 Å². The van der Waals surface area contributed by atoms with E-state index in [1.54, 1.807) is 0 Å². The van der Waals surface area contributed by atoms with Crippen molar-refractivity contribution < 1.29 is 267 Å². The number of ether oxygens (including phenoxy) is 19. The maximum atomic E-state index is 12.6. The molecule has 10 rings (SSSR count). The lowest BCUT2D eigenvalue weighted by molar-refractivity contribution is -0.408. The Hall–Kier alpha value is -2.38. The van der Waals surface area contributed by atoms with E-state index in [1.807, 2.05) is 0 Å². The molecule has 688 valence electrons. The van der Waals surface area contributed by atoms with Crippen LogP contribution in [0.25, 0.3) is 0 Å². The fourth-order valence-corrected chi connectivity index (χ4v) is 15.1. The lowest BCUT2D eigenvalue weighted by Crippen LogP contribution is -2.69. The Bertz CT molecular complexity index is 3110. The number of phosphoric ester groups is 1. The summed E-state index contributed by atoms with van der Waals surface area (Å²) in [6.45, 7) is -10.8. The van der Waals surface area contributed by atoms with Crippen molar-refractivity contribution in [3.8, 4) is 0 Å². The molecule has 0 bridgehead atoms. The molecular formula is C62H106NO54P. The Morgan fingerprint density at radius 2 is 0.517 bits per heavy atom. The summed E-state index contributed by atoms with van der Waals surface area (Å²) in [5.74, 6) is -0.907. The standard InChI is InChI=1S/C62H106NO54P/c1-12(71)63-23-33(81)46(19(8-70)101-53(23)94)111-58-45(93)48(113-61-52(39(87)29(77)18(7-69)107-61)117-62-51(40(88)30(78)22(110-62)11-100-118(95,96)97)116-57-43(91)36(84)26(74)15(4-66)104-57)32(80)21(109-58)9-98-54-44(92)47(112-60-50(38(86)28(76)17(6-68)106-60)115-56-42(90)35(83)25(73)14(3-65)103-56)31(79)20(108-54)10-99-59-49(37(85)27(75)16(5-67)105-59)114-55-41(89)34(82)24(72)13(2-64)102-55/h13-62,64-70,72-94H,2-11H2,1H3,(H,63,71)(H2,95,96,97)/t13-,14-,15-,16-,17-,18-,19-,20-,21-,22-,23-,24-,25-,26-,27-,28-,29-,30-,31-,32-,33-,34+,35+,36+,37+,38+,39+,40+,41+,42+,43+,44+,45+,46-,47+,48+,49+,50+,51+,52+,53?,54+,55-,56-,57-,58+,59+,60-,61-,62-/m1/s1. The zero-order valence-corrected chi connectivity index (χ0v) is 62.6. The van der Waals surface area contributed by atoms with Crippen molar-refractivity contribution in [2.45, 2.75) is 314 Å². The van der Waals surface area contributed by atoms with E-state index in [4.69, 9.17) is 90.0 Å². The van der Waals surface area contributed by atoms with Gasteiger partial charge in [-0.1, -0.05) is 0 Å². The average molecular weight is 1760 g/mol. The van der Waals surface area contributed by atoms with Gasteiger partial charge in [0.2, 0.25) is 5.91 Å². The van der Waals surface area contributed by atoms with Crippen molar-refractivity contribution in [2.75, 3.05) is 66.1 Å². The quantitative estimate of drug-likeness (QED) is 0.0287. The van der Waals surface area contributed by atoms with E-state index in [0.29, 0.717) is 0 Å². The van der Waals surface area contributed by atoms with E-state index >= 15 is 0 Å². The molecule has 0 spiro atoms. The van der Waals surface area contributed by atoms with Crippen LogP contribution in [0.5, 0.6) is 0 Å². The lowest BCUT2D eigenvalue weighted by Gasteiger charge is -2.50. The fourth-order valence-electron chi connectivity index (χ4n) is 14.7. The molecule has 10 saturated heterocycles. The second kappa shape index (κ2) is 42.0. The molecular weight excluding hydrogens is 1650 g/mol. The molecule has 50 atom stereocenters. The topological polar surface area (TPSA) is 878 Å². The minimum Gasteiger partial charge on any atom is -0.394 e. The summed E-state index contributed by atoms with van der Waals surface area (Å²) >= 11 is 0. The molecule has 33 N–H and O–H groups in total. The predicted octanol–water partition coefficient (Wildman–Crippen LogP) is -22.5. The first-order valence-corrected chi connectivity index (χ1v) is 38.5. The Morgan fingerprint density at radius 1 is 0.263 bits per heavy atom. The van der Waals surface area contributed by atoms with Crippen molar-refractivity contribution >= 4 is 13.7 Å². The predicted molar refractivity (Wildman–Crippen MR) is 352 cm³/mol. The molecule has 55 nitrogen and oxygen atoms in total. The van der Waals surface area contributed by atoms with Gasteiger partial charge in [0.1, 0.15) is 244 Å². The maximum absolute atomic E-state index is 12.6. The first-order chi connectivity index (χ1) is 55.7. The summed E-state index contributed by atoms with van der Waals surface area (Å²) in [6.07, 6.45) is -110. The fraction of sp³-hybridized carbons (Fsp3) is 0.984. The first-order valence-electron chi connectivity index (χ1n) is 36.9. The molecule has 0 saturated carbocycles. The third-order valence-electron chi connectivity index (χ3n) is 21.5. The van der Waals surface area contributed by atoms with Gasteiger partial charge in [-0.25, -0.2) is 4.57 Å². The van der Waals surface area contributed by atoms with Crippen LogP contribution in [-0.2, 0) is 104 Å². The number of hydrogen-bond acceptors (Lipinski definition) is 52. The molecule has 1 amide bonds. The minimum atomic E-state index is -5.50. The summed E-state index contributed by atoms with van der Waals surface area (Å²) in [4.78, 5) is 31.6. The smallest absolute Gasteiger partial charge is 0.394 e. The Balaban J connectivity index is 1.01. The van der Waals surface area contributed by atoms with Crippen molar-refractivity contribution in [1.82, 2.24) is 5.32 Å². The third-order valence-corrected chi connectivity index (χ3v) is 22.0. The van der Waals surface area contributed by atoms with E-state index < -0.39 is 387 Å². The number of nitrogens with one attached hydrogen (secondary N) is 1. The SMILES string of the molecule is CC(=O)N[C@H]1C(O)O[C@H](CO)[C@@H](O[C@@H]2O[C@H](CO[C@H]3O[C@H](CO[C@H]4O[C@H](CO)[C@@H](O)[C@H](O)[C@@H]4O[C@H]4O[C@H](CO)[C@@H](O)[C@H](O)[C@@H]4O)[C@@H](O)[C@H](O[C@H]4O[C@H](CO)[C@@H](O)[C@H](O)[C@@H]4O[C@H]4O[C@H](CO)[C@@H](O)[C@H](O)[C@@H]4O)[C@@H]3O)[C@@H](O)[C@H](O[C@H]3O[C@H](CO)[C@@H](O)[C@H](O)[C@@H]3O[C@H]3O[C@H](COP(=O)(O)O)[C@@H](O)[C@H](O)[C@@H]3O[C@H]3O[C@H](CO)[C@@H](O)[C@H](O)[C@@H]3O)[C@@H]2O)[C@@H]1O. The highest BCUT2D eigenvalue weighted by atomic mass is 31.2. The van der Waals surface area contributed by atoms with Crippen LogP contribution < -0.4 is 5.32 Å². The Morgan fingerprint density at radius 3 is 0.873 bits per heavy atom. The van der Waals surface area contributed by atoms with E-state index in [-0.39, 0.29) is 0 Å². The zero-order valence-electron chi connectivity index (χ0n) is 61.7. The lowest BCUT2D eigenvalue weighted by atomic mass is 9.94. The second-order valence-electron chi connectivity index (χ2n) is 29.4. The van der Waals surface area contributed by atoms with E-state index in [9.17, 15) is 172 Å². The van der Waals surface area contributed by atoms with Gasteiger partial charge in [0.25, 0.3) is 0 Å². The highest BCUT2D eigenvalue weighted by Crippen LogP contribution is 2.42. The van der Waals surface area contributed by atoms with Crippen molar-refractivity contribution in [2.24, 2.45) is 0 Å². The molecule has 10 aliphatic heterocycles. The molecule has 0 aromatic carbocycles. The van der Waals surface area contributed by atoms with E-state index in [0.717, 1.165) is 6.92 Å². The number of aliphatic hydroxyl groups excluding tert-OH is 30. The van der Waals surface area contributed by atoms with Crippen LogP contribution in [0.1, 0.15) is 6.92 Å². The second-order valence-corrected chi connectivity index (χ2v) is 30.6. The van der Waals surface area contributed by atoms with Gasteiger partial charge in [0.15, 0.2) is 62.9 Å². The normalized spacial score (nSPS) is 51.3. The van der Waals surface area contributed by atoms with Crippen LogP contribution >= 0.6 is 7.82 Å². The van der Waals surface area contributed by atoms with E-state index in [2.05, 4.69) is 9.84 Å². The van der Waals surface area contributed by atoms with Crippen LogP contribution in [0, 0.1) is 0 Å². The number of hydrogen-bond donors (Lipinski definition) is 33. The largest absolute Gasteiger partial charge is 0.469 e. The van der Waals surface area contributed by atoms with Gasteiger partial charge < -0.3 is 258 Å². The van der Waals surface area contributed by atoms with Crippen molar-refractivity contribution in [3.63, 3.8) is 0 Å². The number of rotatable bonds is 31. The van der Waals surface area contributed by atoms with Gasteiger partial charge in [-0.15, -0.1) is 0 Å². The van der Waals surface area contributed by atoms with Crippen molar-refractivity contribution in [3.05, 3.63) is 0 Å². The molecule has 118 heavy (non-hydrogen) atoms. The first kappa shape index (κ1) is 97.8. The molecule has 0 radical (unpaired) electrons. The van der Waals surface area contributed by atoms with E-state index in [1.165, 1.54) is 0 Å². The van der Waals surface area contributed by atoms with Gasteiger partial charge in [0.05, 0.1) is 66.1 Å². The molecule has 1 unspecified atom stereocenters. The van der Waals surface area contributed by atoms with Crippen LogP contribution in [0.15, 0.2) is 0 Å². The number of carbonyl (C=O) groups excluding carboxylic acids is 1. The zero-order chi connectivity index (χ0) is 86.9. The van der Waals surface area contributed by atoms with Gasteiger partial charge in [0, 0.05) is 6.92 Å². The summed E-state index contributed by atoms with van der Waals surface area (Å²) < 4.78 is 127. The van der Waals surface area contributed by atoms with Gasteiger partial charge in [-0.05, 0) is 0 Å². The number of phosphoric acid groups is 1. The molecule has 0 aromatic rings. The Labute approximate surface area is 664 Å². The highest BCUT2D eigenvalue weighted by molar-refractivity contribution is 7.46. The number of amides is 1. The van der Waals surface area contributed by atoms with Crippen LogP contribution in [-0.4, -0.2) is 542 Å². The molecule has 0 aliphatic carbocycles. The maximum Gasteiger partial charge on any atom is 0.469 e. The van der Waals surface area contributed by atoms with Crippen LogP contribution in [0.3, 0.4) is 0 Å². The summed E-state index contributed by atoms with van der Waals surface area (Å²) in [5, 5.41) is 335. The summed E-state index contributed by atoms with van der Waals surface area (Å²) in [5.41, 5.74) is 0. The summed E-state index contributed by atoms with van der Waals surface area (Å²) in [7, 11) is -5.50. The molecule has 10 aliphatic rings. The molecule has 0 aromatic heterocycles. The number of aliphatic hydroxyl groups is 30. The van der Waals surface area contributed by atoms with Gasteiger partial charge in [-0.3, -0.25) is 9.32 Å². The van der Waals surface area contributed by atoms with Gasteiger partial charge in [-0.2, -0.15) is 0 Å². The number of carbonyl (C=O) groups is 1. The average Bonchev–Trinajstić information content (AvgIpc) is 0.767. The summed E-state index contributed by atoms with van der Waals surface area (Å²) in [6, 6.07) is -1.85. The highest BCUT2D eigenvalue weighted by Gasteiger charge is 2.61. The third kappa shape index (κ3) is 21.4.